The van der Waals surface area contributed by atoms with Crippen molar-refractivity contribution in [3.8, 4) is 0 Å². The lowest BCUT2D eigenvalue weighted by Crippen LogP contribution is -2.54. The van der Waals surface area contributed by atoms with E-state index in [1.807, 2.05) is 49.4 Å². The van der Waals surface area contributed by atoms with Crippen LogP contribution in [0.4, 0.5) is 10.5 Å². The molecule has 4 amide bonds. The highest BCUT2D eigenvalue weighted by Crippen LogP contribution is 2.46. The summed E-state index contributed by atoms with van der Waals surface area (Å²) in [7, 11) is 0. The Morgan fingerprint density at radius 2 is 1.83 bits per heavy atom. The molecule has 0 bridgehead atoms. The highest BCUT2D eigenvalue weighted by atomic mass is 16.5. The van der Waals surface area contributed by atoms with Crippen molar-refractivity contribution < 1.29 is 23.9 Å². The average molecular weight is 480 g/mol. The van der Waals surface area contributed by atoms with Crippen LogP contribution in [-0.2, 0) is 19.1 Å². The van der Waals surface area contributed by atoms with E-state index in [1.54, 1.807) is 4.90 Å². The van der Waals surface area contributed by atoms with Gasteiger partial charge in [0.1, 0.15) is 12.1 Å². The summed E-state index contributed by atoms with van der Waals surface area (Å²) in [6.45, 7) is 7.49. The monoisotopic (exact) mass is 479 g/mol. The van der Waals surface area contributed by atoms with Crippen LogP contribution in [0.2, 0.25) is 0 Å². The highest BCUT2D eigenvalue weighted by molar-refractivity contribution is 6.09. The first-order valence-corrected chi connectivity index (χ1v) is 12.1. The maximum Gasteiger partial charge on any atom is 0.326 e. The quantitative estimate of drug-likeness (QED) is 0.501. The van der Waals surface area contributed by atoms with Gasteiger partial charge in [0.2, 0.25) is 0 Å². The second-order valence-corrected chi connectivity index (χ2v) is 10.6. The van der Waals surface area contributed by atoms with E-state index >= 15 is 0 Å². The third-order valence-electron chi connectivity index (χ3n) is 6.94. The predicted molar refractivity (Wildman–Crippen MR) is 133 cm³/mol. The molecular weight excluding hydrogens is 446 g/mol. The molecule has 2 atom stereocenters. The molecule has 2 aliphatic rings. The van der Waals surface area contributed by atoms with E-state index in [4.69, 9.17) is 4.74 Å². The van der Waals surface area contributed by atoms with E-state index in [0.29, 0.717) is 19.4 Å². The number of nitrogens with zero attached hydrogens (tertiary/aromatic N) is 2. The van der Waals surface area contributed by atoms with Gasteiger partial charge in [0.15, 0.2) is 6.61 Å². The first kappa shape index (κ1) is 24.7. The molecular formula is C27H33N3O5. The zero-order valence-electron chi connectivity index (χ0n) is 20.8. The summed E-state index contributed by atoms with van der Waals surface area (Å²) >= 11 is 0. The van der Waals surface area contributed by atoms with Crippen molar-refractivity contribution in [2.24, 2.45) is 11.3 Å². The van der Waals surface area contributed by atoms with E-state index in [0.717, 1.165) is 27.8 Å². The number of ether oxygens (including phenoxy) is 1. The van der Waals surface area contributed by atoms with E-state index in [-0.39, 0.29) is 17.2 Å². The first-order chi connectivity index (χ1) is 16.5. The van der Waals surface area contributed by atoms with E-state index in [9.17, 15) is 19.2 Å². The summed E-state index contributed by atoms with van der Waals surface area (Å²) in [4.78, 5) is 53.8. The van der Waals surface area contributed by atoms with Crippen LogP contribution in [0.25, 0.3) is 10.8 Å². The Bertz CT molecular complexity index is 1170. The van der Waals surface area contributed by atoms with Gasteiger partial charge in [0.25, 0.3) is 11.8 Å². The molecule has 2 fully saturated rings. The van der Waals surface area contributed by atoms with Gasteiger partial charge in [-0.05, 0) is 49.0 Å². The lowest BCUT2D eigenvalue weighted by Gasteiger charge is -2.43. The van der Waals surface area contributed by atoms with Gasteiger partial charge >= 0.3 is 12.0 Å². The minimum atomic E-state index is -0.984. The Morgan fingerprint density at radius 1 is 1.11 bits per heavy atom. The van der Waals surface area contributed by atoms with Crippen molar-refractivity contribution in [2.75, 3.05) is 24.6 Å². The Labute approximate surface area is 205 Å². The number of carbonyl (C=O) groups excluding carboxylic acids is 4. The molecule has 1 aliphatic heterocycles. The van der Waals surface area contributed by atoms with Gasteiger partial charge in [-0.25, -0.2) is 4.79 Å². The molecule has 4 rings (SSSR count). The number of carbonyl (C=O) groups is 4. The van der Waals surface area contributed by atoms with Crippen LogP contribution in [-0.4, -0.2) is 54.0 Å². The second-order valence-electron chi connectivity index (χ2n) is 10.6. The van der Waals surface area contributed by atoms with Crippen LogP contribution >= 0.6 is 0 Å². The molecule has 1 spiro atoms. The number of hydrogen-bond acceptors (Lipinski definition) is 5. The Balaban J connectivity index is 1.40. The smallest absolute Gasteiger partial charge is 0.326 e. The molecule has 8 nitrogen and oxygen atoms in total. The fourth-order valence-corrected chi connectivity index (χ4v) is 5.97. The van der Waals surface area contributed by atoms with Crippen molar-refractivity contribution in [1.82, 2.24) is 10.2 Å². The summed E-state index contributed by atoms with van der Waals surface area (Å²) in [6, 6.07) is 12.9. The van der Waals surface area contributed by atoms with Crippen LogP contribution in [0, 0.1) is 11.3 Å². The van der Waals surface area contributed by atoms with Gasteiger partial charge in [0.05, 0.1) is 5.69 Å². The molecule has 1 heterocycles. The SMILES string of the molecule is CCN(C(=O)COC(=O)CN1C(=O)NC2(CC(C)CC(C)(C)C2)C1=O)c1cccc2ccccc12. The minimum absolute atomic E-state index is 0.102. The molecule has 186 valence electrons. The highest BCUT2D eigenvalue weighted by Gasteiger charge is 2.56. The molecule has 1 N–H and O–H groups in total. The number of esters is 1. The standard InChI is InChI=1S/C27H33N3O5/c1-5-29(21-12-8-10-19-9-6-7-11-20(19)21)22(31)16-35-23(32)15-30-24(33)27(28-25(30)34)14-18(2)13-26(3,4)17-27/h6-12,18H,5,13-17H2,1-4H3,(H,28,34). The predicted octanol–water partition coefficient (Wildman–Crippen LogP) is 3.87. The molecule has 0 aromatic heterocycles. The summed E-state index contributed by atoms with van der Waals surface area (Å²) < 4.78 is 5.21. The number of imide groups is 1. The Morgan fingerprint density at radius 3 is 2.54 bits per heavy atom. The van der Waals surface area contributed by atoms with Crippen molar-refractivity contribution >= 4 is 40.3 Å². The van der Waals surface area contributed by atoms with Gasteiger partial charge in [0, 0.05) is 11.9 Å². The number of hydrogen-bond donors (Lipinski definition) is 1. The number of rotatable bonds is 6. The number of benzene rings is 2. The van der Waals surface area contributed by atoms with Crippen LogP contribution in [0.3, 0.4) is 0 Å². The number of anilines is 1. The fourth-order valence-electron chi connectivity index (χ4n) is 5.97. The van der Waals surface area contributed by atoms with Crippen molar-refractivity contribution in [3.05, 3.63) is 42.5 Å². The van der Waals surface area contributed by atoms with Crippen molar-refractivity contribution in [3.63, 3.8) is 0 Å². The summed E-state index contributed by atoms with van der Waals surface area (Å²) in [6.07, 6.45) is 2.03. The zero-order chi connectivity index (χ0) is 25.4. The molecule has 1 saturated carbocycles. The van der Waals surface area contributed by atoms with Crippen LogP contribution < -0.4 is 10.2 Å². The topological polar surface area (TPSA) is 96.0 Å². The van der Waals surface area contributed by atoms with E-state index < -0.39 is 36.6 Å². The molecule has 8 heteroatoms. The van der Waals surface area contributed by atoms with Gasteiger partial charge in [-0.3, -0.25) is 19.3 Å². The molecule has 0 radical (unpaired) electrons. The van der Waals surface area contributed by atoms with Gasteiger partial charge in [-0.15, -0.1) is 0 Å². The average Bonchev–Trinajstić information content (AvgIpc) is 3.00. The number of fused-ring (bicyclic) bond motifs is 1. The number of nitrogens with one attached hydrogen (secondary N) is 1. The third-order valence-corrected chi connectivity index (χ3v) is 6.94. The van der Waals surface area contributed by atoms with E-state index in [2.05, 4.69) is 26.1 Å². The first-order valence-electron chi connectivity index (χ1n) is 12.1. The lowest BCUT2D eigenvalue weighted by molar-refractivity contribution is -0.151. The van der Waals surface area contributed by atoms with Crippen LogP contribution in [0.5, 0.6) is 0 Å². The maximum absolute atomic E-state index is 13.2. The fraction of sp³-hybridized carbons (Fsp3) is 0.481. The molecule has 1 saturated heterocycles. The molecule has 2 unspecified atom stereocenters. The lowest BCUT2D eigenvalue weighted by atomic mass is 9.64. The Hall–Kier alpha value is -3.42. The van der Waals surface area contributed by atoms with Gasteiger partial charge in [-0.2, -0.15) is 0 Å². The van der Waals surface area contributed by atoms with Crippen molar-refractivity contribution in [1.29, 1.82) is 0 Å². The molecule has 2 aromatic carbocycles. The minimum Gasteiger partial charge on any atom is -0.454 e. The third kappa shape index (κ3) is 4.88. The largest absolute Gasteiger partial charge is 0.454 e. The molecule has 1 aliphatic carbocycles. The maximum atomic E-state index is 13.2. The van der Waals surface area contributed by atoms with Crippen LogP contribution in [0.1, 0.15) is 47.0 Å². The number of amides is 4. The number of urea groups is 1. The van der Waals surface area contributed by atoms with E-state index in [1.165, 1.54) is 0 Å². The normalized spacial score (nSPS) is 23.4. The van der Waals surface area contributed by atoms with Crippen molar-refractivity contribution in [2.45, 2.75) is 52.5 Å². The van der Waals surface area contributed by atoms with Gasteiger partial charge in [-0.1, -0.05) is 57.2 Å². The zero-order valence-corrected chi connectivity index (χ0v) is 20.8. The van der Waals surface area contributed by atoms with Gasteiger partial charge < -0.3 is 15.0 Å². The summed E-state index contributed by atoms with van der Waals surface area (Å²) in [5, 5.41) is 4.77. The summed E-state index contributed by atoms with van der Waals surface area (Å²) in [5.74, 6) is -1.30. The Kier molecular flexibility index (Phi) is 6.58. The molecule has 2 aromatic rings. The summed E-state index contributed by atoms with van der Waals surface area (Å²) in [5.41, 5.74) is -0.354. The second kappa shape index (κ2) is 9.32. The number of likely N-dealkylation sites (N-methyl/N-ethyl adjacent to an activating group) is 1. The van der Waals surface area contributed by atoms with Crippen LogP contribution in [0.15, 0.2) is 42.5 Å². The molecule has 35 heavy (non-hydrogen) atoms.